The van der Waals surface area contributed by atoms with E-state index in [1.54, 1.807) is 0 Å². The highest BCUT2D eigenvalue weighted by Crippen LogP contribution is 2.39. The summed E-state index contributed by atoms with van der Waals surface area (Å²) in [5, 5.41) is 3.52. The second-order valence-corrected chi connectivity index (χ2v) is 6.51. The van der Waals surface area contributed by atoms with Crippen LogP contribution >= 0.6 is 0 Å². The molecule has 0 aromatic heterocycles. The number of nitrogens with one attached hydrogen (secondary N) is 1. The van der Waals surface area contributed by atoms with E-state index < -0.39 is 5.54 Å². The Bertz CT molecular complexity index is 322. The zero-order valence-corrected chi connectivity index (χ0v) is 14.6. The van der Waals surface area contributed by atoms with Crippen molar-refractivity contribution < 1.29 is 9.53 Å². The van der Waals surface area contributed by atoms with Gasteiger partial charge >= 0.3 is 5.97 Å². The smallest absolute Gasteiger partial charge is 0.326 e. The van der Waals surface area contributed by atoms with Crippen LogP contribution in [-0.2, 0) is 9.53 Å². The molecule has 0 heterocycles. The number of rotatable bonds is 9. The van der Waals surface area contributed by atoms with E-state index in [9.17, 15) is 4.79 Å². The number of methoxy groups -OCH3 is 1. The van der Waals surface area contributed by atoms with Crippen molar-refractivity contribution in [3.63, 3.8) is 0 Å². The summed E-state index contributed by atoms with van der Waals surface area (Å²) in [6.07, 6.45) is 6.42. The molecule has 1 aliphatic rings. The molecule has 1 aliphatic carbocycles. The second kappa shape index (κ2) is 8.74. The maximum absolute atomic E-state index is 12.4. The second-order valence-electron chi connectivity index (χ2n) is 6.51. The van der Waals surface area contributed by atoms with Gasteiger partial charge in [0.1, 0.15) is 5.54 Å². The topological polar surface area (TPSA) is 41.6 Å². The number of carbonyl (C=O) groups is 1. The first-order chi connectivity index (χ1) is 10.0. The Morgan fingerprint density at radius 3 is 2.76 bits per heavy atom. The van der Waals surface area contributed by atoms with Crippen LogP contribution in [0.4, 0.5) is 0 Å². The van der Waals surface area contributed by atoms with Gasteiger partial charge in [0.2, 0.25) is 0 Å². The first-order valence-electron chi connectivity index (χ1n) is 8.55. The number of hydrogen-bond donors (Lipinski definition) is 1. The van der Waals surface area contributed by atoms with Crippen molar-refractivity contribution in [3.8, 4) is 0 Å². The lowest BCUT2D eigenvalue weighted by Crippen LogP contribution is -2.56. The fraction of sp³-hybridized carbons (Fsp3) is 0.941. The Kier molecular flexibility index (Phi) is 7.67. The molecule has 0 aromatic rings. The molecule has 0 spiro atoms. The highest BCUT2D eigenvalue weighted by Gasteiger charge is 2.49. The Morgan fingerprint density at radius 1 is 1.48 bits per heavy atom. The average molecular weight is 298 g/mol. The molecule has 0 aliphatic heterocycles. The van der Waals surface area contributed by atoms with Crippen molar-refractivity contribution in [1.82, 2.24) is 10.2 Å². The lowest BCUT2D eigenvalue weighted by molar-refractivity contribution is -0.150. The maximum atomic E-state index is 12.4. The van der Waals surface area contributed by atoms with E-state index in [0.29, 0.717) is 12.0 Å². The SMILES string of the molecule is CCCNC1(C(=O)OC)CCCC1CCN(C)C(C)CC. The van der Waals surface area contributed by atoms with Crippen LogP contribution in [0.3, 0.4) is 0 Å². The first-order valence-corrected chi connectivity index (χ1v) is 8.55. The predicted molar refractivity (Wildman–Crippen MR) is 87.4 cm³/mol. The van der Waals surface area contributed by atoms with E-state index in [-0.39, 0.29) is 5.97 Å². The summed E-state index contributed by atoms with van der Waals surface area (Å²) >= 11 is 0. The molecule has 1 saturated carbocycles. The summed E-state index contributed by atoms with van der Waals surface area (Å²) in [5.41, 5.74) is -0.443. The minimum absolute atomic E-state index is 0.0651. The Hall–Kier alpha value is -0.610. The monoisotopic (exact) mass is 298 g/mol. The lowest BCUT2D eigenvalue weighted by Gasteiger charge is -2.35. The van der Waals surface area contributed by atoms with Crippen LogP contribution in [0.2, 0.25) is 0 Å². The molecule has 3 atom stereocenters. The van der Waals surface area contributed by atoms with Gasteiger partial charge in [-0.2, -0.15) is 0 Å². The minimum Gasteiger partial charge on any atom is -0.468 e. The van der Waals surface area contributed by atoms with E-state index in [4.69, 9.17) is 4.74 Å². The van der Waals surface area contributed by atoms with Gasteiger partial charge in [-0.05, 0) is 65.1 Å². The van der Waals surface area contributed by atoms with Crippen molar-refractivity contribution >= 4 is 5.97 Å². The van der Waals surface area contributed by atoms with Crippen molar-refractivity contribution in [3.05, 3.63) is 0 Å². The third-order valence-corrected chi connectivity index (χ3v) is 5.23. The first kappa shape index (κ1) is 18.4. The van der Waals surface area contributed by atoms with Gasteiger partial charge in [0, 0.05) is 6.04 Å². The number of ether oxygens (including phenoxy) is 1. The number of carbonyl (C=O) groups excluding carboxylic acids is 1. The Balaban J connectivity index is 2.70. The molecule has 3 unspecified atom stereocenters. The Morgan fingerprint density at radius 2 is 2.19 bits per heavy atom. The highest BCUT2D eigenvalue weighted by atomic mass is 16.5. The van der Waals surface area contributed by atoms with Crippen LogP contribution in [0.5, 0.6) is 0 Å². The molecular weight excluding hydrogens is 264 g/mol. The van der Waals surface area contributed by atoms with Crippen LogP contribution in [-0.4, -0.2) is 49.7 Å². The fourth-order valence-electron chi connectivity index (χ4n) is 3.46. The molecule has 0 amide bonds. The van der Waals surface area contributed by atoms with E-state index in [1.807, 2.05) is 0 Å². The molecule has 0 radical (unpaired) electrons. The molecule has 1 rings (SSSR count). The molecule has 4 nitrogen and oxygen atoms in total. The number of hydrogen-bond acceptors (Lipinski definition) is 4. The van der Waals surface area contributed by atoms with E-state index in [2.05, 4.69) is 38.0 Å². The van der Waals surface area contributed by atoms with Gasteiger partial charge in [-0.15, -0.1) is 0 Å². The van der Waals surface area contributed by atoms with Crippen LogP contribution in [0.15, 0.2) is 0 Å². The van der Waals surface area contributed by atoms with Crippen LogP contribution in [0.25, 0.3) is 0 Å². The Labute approximate surface area is 130 Å². The fourth-order valence-corrected chi connectivity index (χ4v) is 3.46. The largest absolute Gasteiger partial charge is 0.468 e. The van der Waals surface area contributed by atoms with Gasteiger partial charge in [-0.25, -0.2) is 0 Å². The minimum atomic E-state index is -0.443. The highest BCUT2D eigenvalue weighted by molar-refractivity contribution is 5.81. The van der Waals surface area contributed by atoms with Gasteiger partial charge < -0.3 is 15.0 Å². The van der Waals surface area contributed by atoms with Crippen molar-refractivity contribution in [2.75, 3.05) is 27.2 Å². The number of esters is 1. The lowest BCUT2D eigenvalue weighted by atomic mass is 9.84. The maximum Gasteiger partial charge on any atom is 0.326 e. The predicted octanol–water partition coefficient (Wildman–Crippen LogP) is 2.82. The number of nitrogens with zero attached hydrogens (tertiary/aromatic N) is 1. The summed E-state index contributed by atoms with van der Waals surface area (Å²) < 4.78 is 5.13. The molecule has 4 heteroatoms. The van der Waals surface area contributed by atoms with E-state index in [0.717, 1.165) is 51.6 Å². The normalized spacial score (nSPS) is 27.0. The molecule has 0 bridgehead atoms. The van der Waals surface area contributed by atoms with Gasteiger partial charge in [0.25, 0.3) is 0 Å². The third kappa shape index (κ3) is 4.43. The van der Waals surface area contributed by atoms with Gasteiger partial charge in [0.05, 0.1) is 7.11 Å². The molecule has 1 N–H and O–H groups in total. The van der Waals surface area contributed by atoms with Crippen LogP contribution in [0, 0.1) is 5.92 Å². The van der Waals surface area contributed by atoms with Gasteiger partial charge in [-0.1, -0.05) is 20.3 Å². The van der Waals surface area contributed by atoms with Crippen molar-refractivity contribution in [2.24, 2.45) is 5.92 Å². The van der Waals surface area contributed by atoms with Gasteiger partial charge in [-0.3, -0.25) is 4.79 Å². The average Bonchev–Trinajstić information content (AvgIpc) is 2.92. The van der Waals surface area contributed by atoms with Crippen LogP contribution in [0.1, 0.15) is 59.3 Å². The molecule has 1 fully saturated rings. The van der Waals surface area contributed by atoms with E-state index >= 15 is 0 Å². The van der Waals surface area contributed by atoms with Crippen LogP contribution < -0.4 is 5.32 Å². The quantitative estimate of drug-likeness (QED) is 0.665. The molecule has 0 saturated heterocycles. The summed E-state index contributed by atoms with van der Waals surface area (Å²) in [6.45, 7) is 8.55. The van der Waals surface area contributed by atoms with Crippen molar-refractivity contribution in [1.29, 1.82) is 0 Å². The summed E-state index contributed by atoms with van der Waals surface area (Å²) in [7, 11) is 3.70. The third-order valence-electron chi connectivity index (χ3n) is 5.23. The molecule has 124 valence electrons. The van der Waals surface area contributed by atoms with E-state index in [1.165, 1.54) is 7.11 Å². The standard InChI is InChI=1S/C17H34N2O2/c1-6-12-18-17(16(20)21-5)11-8-9-15(17)10-13-19(4)14(3)7-2/h14-15,18H,6-13H2,1-5H3. The summed E-state index contributed by atoms with van der Waals surface area (Å²) in [4.78, 5) is 14.8. The molecular formula is C17H34N2O2. The zero-order valence-electron chi connectivity index (χ0n) is 14.6. The molecule has 0 aromatic carbocycles. The summed E-state index contributed by atoms with van der Waals surface area (Å²) in [5.74, 6) is 0.327. The van der Waals surface area contributed by atoms with Gasteiger partial charge in [0.15, 0.2) is 0 Å². The van der Waals surface area contributed by atoms with Crippen molar-refractivity contribution in [2.45, 2.75) is 70.9 Å². The summed E-state index contributed by atoms with van der Waals surface area (Å²) in [6, 6.07) is 0.600. The molecule has 21 heavy (non-hydrogen) atoms. The zero-order chi connectivity index (χ0) is 15.9.